The molecule has 19 heavy (non-hydrogen) atoms. The lowest BCUT2D eigenvalue weighted by Gasteiger charge is -2.30. The van der Waals surface area contributed by atoms with Gasteiger partial charge in [-0.3, -0.25) is 9.67 Å². The van der Waals surface area contributed by atoms with E-state index in [1.54, 1.807) is 12.4 Å². The van der Waals surface area contributed by atoms with Gasteiger partial charge in [0.15, 0.2) is 0 Å². The zero-order valence-corrected chi connectivity index (χ0v) is 13.0. The molecular formula is C13H13BrClN3O. The van der Waals surface area contributed by atoms with Gasteiger partial charge in [-0.1, -0.05) is 11.6 Å². The Labute approximate surface area is 124 Å². The average Bonchev–Trinajstić information content (AvgIpc) is 2.65. The molecule has 0 aromatic carbocycles. The summed E-state index contributed by atoms with van der Waals surface area (Å²) in [6.45, 7) is 5.39. The maximum Gasteiger partial charge on any atom is 0.108 e. The fourth-order valence-corrected chi connectivity index (χ4v) is 2.97. The molecule has 4 nitrogen and oxygen atoms in total. The molecule has 100 valence electrons. The maximum atomic E-state index is 6.19. The van der Waals surface area contributed by atoms with Gasteiger partial charge < -0.3 is 4.74 Å². The van der Waals surface area contributed by atoms with Crippen LogP contribution in [0.3, 0.4) is 0 Å². The van der Waals surface area contributed by atoms with Crippen LogP contribution in [0.2, 0.25) is 5.02 Å². The predicted molar refractivity (Wildman–Crippen MR) is 77.0 cm³/mol. The van der Waals surface area contributed by atoms with E-state index in [0.717, 1.165) is 28.0 Å². The Balaban J connectivity index is 2.11. The first-order valence-corrected chi connectivity index (χ1v) is 7.14. The highest BCUT2D eigenvalue weighted by atomic mass is 79.9. The summed E-state index contributed by atoms with van der Waals surface area (Å²) in [4.78, 5) is 4.00. The second-order valence-corrected chi connectivity index (χ2v) is 6.37. The summed E-state index contributed by atoms with van der Waals surface area (Å²) in [5.74, 6) is 0. The predicted octanol–water partition coefficient (Wildman–Crippen LogP) is 3.67. The molecule has 2 aromatic heterocycles. The Hall–Kier alpha value is -0.910. The summed E-state index contributed by atoms with van der Waals surface area (Å²) < 4.78 is 8.74. The van der Waals surface area contributed by atoms with Crippen molar-refractivity contribution in [1.29, 1.82) is 0 Å². The molecular weight excluding hydrogens is 330 g/mol. The minimum Gasteiger partial charge on any atom is -0.367 e. The van der Waals surface area contributed by atoms with Crippen molar-refractivity contribution in [3.63, 3.8) is 0 Å². The smallest absolute Gasteiger partial charge is 0.108 e. The van der Waals surface area contributed by atoms with Gasteiger partial charge in [0.2, 0.25) is 0 Å². The number of pyridine rings is 1. The third kappa shape index (κ3) is 2.30. The third-order valence-electron chi connectivity index (χ3n) is 3.15. The molecule has 0 fully saturated rings. The standard InChI is InChI=1S/C13H13BrClN3O/c1-13(2)7-18-10(6-19-13)11(14)12(17-18)8-3-4-16-5-9(8)15/h3-5H,6-7H2,1-2H3. The van der Waals surface area contributed by atoms with Crippen LogP contribution in [0.5, 0.6) is 0 Å². The van der Waals surface area contributed by atoms with Crippen molar-refractivity contribution in [3.05, 3.63) is 33.6 Å². The SMILES string of the molecule is CC1(C)Cn2nc(-c3ccncc3Cl)c(Br)c2CO1. The monoisotopic (exact) mass is 341 g/mol. The Bertz CT molecular complexity index is 639. The topological polar surface area (TPSA) is 39.9 Å². The molecule has 0 amide bonds. The number of hydrogen-bond acceptors (Lipinski definition) is 3. The van der Waals surface area contributed by atoms with E-state index < -0.39 is 0 Å². The molecule has 3 rings (SSSR count). The van der Waals surface area contributed by atoms with Gasteiger partial charge in [0, 0.05) is 18.0 Å². The fourth-order valence-electron chi connectivity index (χ4n) is 2.15. The zero-order chi connectivity index (χ0) is 13.6. The summed E-state index contributed by atoms with van der Waals surface area (Å²) in [5, 5.41) is 5.25. The molecule has 2 aromatic rings. The van der Waals surface area contributed by atoms with Crippen LogP contribution in [-0.2, 0) is 17.9 Å². The molecule has 0 bridgehead atoms. The van der Waals surface area contributed by atoms with Crippen LogP contribution in [0.25, 0.3) is 11.3 Å². The molecule has 0 N–H and O–H groups in total. The van der Waals surface area contributed by atoms with Crippen LogP contribution in [0, 0.1) is 0 Å². The van der Waals surface area contributed by atoms with Crippen LogP contribution < -0.4 is 0 Å². The van der Waals surface area contributed by atoms with Crippen LogP contribution in [0.15, 0.2) is 22.9 Å². The zero-order valence-electron chi connectivity index (χ0n) is 10.7. The van der Waals surface area contributed by atoms with Crippen LogP contribution >= 0.6 is 27.5 Å². The fraction of sp³-hybridized carbons (Fsp3) is 0.385. The lowest BCUT2D eigenvalue weighted by atomic mass is 10.1. The van der Waals surface area contributed by atoms with Gasteiger partial charge in [-0.25, -0.2) is 0 Å². The van der Waals surface area contributed by atoms with E-state index >= 15 is 0 Å². The lowest BCUT2D eigenvalue weighted by molar-refractivity contribution is -0.0663. The van der Waals surface area contributed by atoms with Crippen molar-refractivity contribution in [2.45, 2.75) is 32.6 Å². The average molecular weight is 343 g/mol. The highest BCUT2D eigenvalue weighted by Gasteiger charge is 2.30. The molecule has 0 aliphatic carbocycles. The van der Waals surface area contributed by atoms with E-state index in [0.29, 0.717) is 11.6 Å². The Morgan fingerprint density at radius 1 is 1.47 bits per heavy atom. The number of aromatic nitrogens is 3. The minimum absolute atomic E-state index is 0.197. The summed E-state index contributed by atoms with van der Waals surface area (Å²) in [7, 11) is 0. The minimum atomic E-state index is -0.197. The van der Waals surface area contributed by atoms with Gasteiger partial charge in [-0.15, -0.1) is 0 Å². The van der Waals surface area contributed by atoms with Gasteiger partial charge >= 0.3 is 0 Å². The number of rotatable bonds is 1. The van der Waals surface area contributed by atoms with E-state index in [-0.39, 0.29) is 5.60 Å². The second-order valence-electron chi connectivity index (χ2n) is 5.17. The van der Waals surface area contributed by atoms with E-state index in [4.69, 9.17) is 16.3 Å². The summed E-state index contributed by atoms with van der Waals surface area (Å²) in [5.41, 5.74) is 2.56. The van der Waals surface area contributed by atoms with Crippen molar-refractivity contribution in [1.82, 2.24) is 14.8 Å². The van der Waals surface area contributed by atoms with Crippen molar-refractivity contribution in [3.8, 4) is 11.3 Å². The van der Waals surface area contributed by atoms with Crippen molar-refractivity contribution >= 4 is 27.5 Å². The molecule has 0 radical (unpaired) electrons. The van der Waals surface area contributed by atoms with Crippen LogP contribution in [-0.4, -0.2) is 20.4 Å². The molecule has 1 aliphatic rings. The molecule has 0 saturated carbocycles. The van der Waals surface area contributed by atoms with E-state index in [1.165, 1.54) is 0 Å². The Kier molecular flexibility index (Phi) is 3.15. The van der Waals surface area contributed by atoms with Crippen LogP contribution in [0.1, 0.15) is 19.5 Å². The highest BCUT2D eigenvalue weighted by Crippen LogP contribution is 2.37. The quantitative estimate of drug-likeness (QED) is 0.794. The van der Waals surface area contributed by atoms with Gasteiger partial charge in [-0.2, -0.15) is 5.10 Å². The van der Waals surface area contributed by atoms with Gasteiger partial charge in [0.05, 0.1) is 33.9 Å². The number of hydrogen-bond donors (Lipinski definition) is 0. The number of fused-ring (bicyclic) bond motifs is 1. The molecule has 1 aliphatic heterocycles. The normalized spacial score (nSPS) is 17.3. The van der Waals surface area contributed by atoms with Crippen molar-refractivity contribution in [2.24, 2.45) is 0 Å². The third-order valence-corrected chi connectivity index (χ3v) is 4.29. The van der Waals surface area contributed by atoms with E-state index in [9.17, 15) is 0 Å². The lowest BCUT2D eigenvalue weighted by Crippen LogP contribution is -2.36. The van der Waals surface area contributed by atoms with Gasteiger partial charge in [0.25, 0.3) is 0 Å². The first-order valence-electron chi connectivity index (χ1n) is 5.97. The molecule has 0 atom stereocenters. The molecule has 0 saturated heterocycles. The summed E-state index contributed by atoms with van der Waals surface area (Å²) in [6.07, 6.45) is 3.34. The van der Waals surface area contributed by atoms with Gasteiger partial charge in [0.1, 0.15) is 5.69 Å². The second kappa shape index (κ2) is 4.58. The summed E-state index contributed by atoms with van der Waals surface area (Å²) in [6, 6.07) is 1.87. The number of nitrogens with zero attached hydrogens (tertiary/aromatic N) is 3. The van der Waals surface area contributed by atoms with Crippen LogP contribution in [0.4, 0.5) is 0 Å². The Morgan fingerprint density at radius 2 is 2.26 bits per heavy atom. The molecule has 0 spiro atoms. The highest BCUT2D eigenvalue weighted by molar-refractivity contribution is 9.10. The Morgan fingerprint density at radius 3 is 3.00 bits per heavy atom. The molecule has 3 heterocycles. The van der Waals surface area contributed by atoms with Crippen molar-refractivity contribution < 1.29 is 4.74 Å². The molecule has 6 heteroatoms. The number of ether oxygens (including phenoxy) is 1. The van der Waals surface area contributed by atoms with E-state index in [1.807, 2.05) is 10.7 Å². The first kappa shape index (κ1) is 13.1. The maximum absolute atomic E-state index is 6.19. The number of halogens is 2. The first-order chi connectivity index (χ1) is 8.98. The van der Waals surface area contributed by atoms with E-state index in [2.05, 4.69) is 39.9 Å². The summed E-state index contributed by atoms with van der Waals surface area (Å²) >= 11 is 9.79. The van der Waals surface area contributed by atoms with Gasteiger partial charge in [-0.05, 0) is 35.8 Å². The van der Waals surface area contributed by atoms with Crippen molar-refractivity contribution in [2.75, 3.05) is 0 Å². The largest absolute Gasteiger partial charge is 0.367 e. The molecule has 0 unspecified atom stereocenters.